The Hall–Kier alpha value is -0.340. The molecule has 2 atom stereocenters. The molecule has 1 aliphatic heterocycles. The minimum atomic E-state index is 0.303. The van der Waals surface area contributed by atoms with E-state index in [1.807, 2.05) is 0 Å². The Morgan fingerprint density at radius 1 is 1.29 bits per heavy atom. The van der Waals surface area contributed by atoms with Crippen LogP contribution in [0, 0.1) is 5.92 Å². The first-order chi connectivity index (χ1) is 6.77. The van der Waals surface area contributed by atoms with Crippen LogP contribution < -0.4 is 0 Å². The summed E-state index contributed by atoms with van der Waals surface area (Å²) in [4.78, 5) is 0. The molecule has 14 heavy (non-hydrogen) atoms. The lowest BCUT2D eigenvalue weighted by atomic mass is 9.91. The van der Waals surface area contributed by atoms with Crippen molar-refractivity contribution in [3.05, 3.63) is 34.3 Å². The number of rotatable bonds is 1. The molecule has 1 aliphatic rings. The SMILES string of the molecule is C[C@H]1CCCO[C@H]1c1ccc(Br)cc1. The molecule has 0 amide bonds. The predicted octanol–water partition coefficient (Wildman–Crippen LogP) is 3.94. The van der Waals surface area contributed by atoms with Crippen LogP contribution in [-0.4, -0.2) is 6.61 Å². The maximum atomic E-state index is 5.80. The Morgan fingerprint density at radius 2 is 2.00 bits per heavy atom. The Labute approximate surface area is 93.6 Å². The summed E-state index contributed by atoms with van der Waals surface area (Å²) in [6.07, 6.45) is 2.78. The number of halogens is 1. The molecular weight excluding hydrogens is 240 g/mol. The zero-order chi connectivity index (χ0) is 9.97. The summed E-state index contributed by atoms with van der Waals surface area (Å²) in [7, 11) is 0. The summed E-state index contributed by atoms with van der Waals surface area (Å²) < 4.78 is 6.93. The van der Waals surface area contributed by atoms with Crippen molar-refractivity contribution in [3.63, 3.8) is 0 Å². The van der Waals surface area contributed by atoms with Gasteiger partial charge in [-0.25, -0.2) is 0 Å². The lowest BCUT2D eigenvalue weighted by Gasteiger charge is -2.29. The fraction of sp³-hybridized carbons (Fsp3) is 0.500. The Bertz CT molecular complexity index is 294. The van der Waals surface area contributed by atoms with Gasteiger partial charge in [-0.2, -0.15) is 0 Å². The molecule has 0 aliphatic carbocycles. The number of benzene rings is 1. The molecule has 1 nitrogen and oxygen atoms in total. The quantitative estimate of drug-likeness (QED) is 0.738. The average molecular weight is 255 g/mol. The Kier molecular flexibility index (Phi) is 3.24. The number of hydrogen-bond acceptors (Lipinski definition) is 1. The van der Waals surface area contributed by atoms with Crippen LogP contribution >= 0.6 is 15.9 Å². The summed E-state index contributed by atoms with van der Waals surface area (Å²) >= 11 is 3.44. The third kappa shape index (κ3) is 2.18. The number of ether oxygens (including phenoxy) is 1. The van der Waals surface area contributed by atoms with E-state index >= 15 is 0 Å². The van der Waals surface area contributed by atoms with Gasteiger partial charge < -0.3 is 4.74 Å². The summed E-state index contributed by atoms with van der Waals surface area (Å²) in [5.74, 6) is 0.643. The van der Waals surface area contributed by atoms with Gasteiger partial charge in [-0.05, 0) is 36.5 Å². The predicted molar refractivity (Wildman–Crippen MR) is 61.2 cm³/mol. The first-order valence-corrected chi connectivity index (χ1v) is 5.94. The molecule has 76 valence electrons. The molecule has 2 rings (SSSR count). The molecule has 1 aromatic carbocycles. The van der Waals surface area contributed by atoms with Crippen molar-refractivity contribution in [2.24, 2.45) is 5.92 Å². The van der Waals surface area contributed by atoms with Crippen molar-refractivity contribution in [3.8, 4) is 0 Å². The van der Waals surface area contributed by atoms with Crippen molar-refractivity contribution in [1.82, 2.24) is 0 Å². The van der Waals surface area contributed by atoms with E-state index in [1.165, 1.54) is 18.4 Å². The van der Waals surface area contributed by atoms with Gasteiger partial charge >= 0.3 is 0 Å². The molecule has 0 N–H and O–H groups in total. The Balaban J connectivity index is 2.16. The van der Waals surface area contributed by atoms with E-state index in [9.17, 15) is 0 Å². The second kappa shape index (κ2) is 4.45. The van der Waals surface area contributed by atoms with Gasteiger partial charge in [-0.3, -0.25) is 0 Å². The summed E-state index contributed by atoms with van der Waals surface area (Å²) in [6.45, 7) is 3.18. The van der Waals surface area contributed by atoms with E-state index in [0.29, 0.717) is 12.0 Å². The van der Waals surface area contributed by atoms with Crippen molar-refractivity contribution < 1.29 is 4.74 Å². The lowest BCUT2D eigenvalue weighted by Crippen LogP contribution is -2.20. The van der Waals surface area contributed by atoms with Crippen LogP contribution in [0.2, 0.25) is 0 Å². The van der Waals surface area contributed by atoms with Crippen molar-refractivity contribution in [2.45, 2.75) is 25.9 Å². The third-order valence-electron chi connectivity index (χ3n) is 2.82. The molecular formula is C12H15BrO. The molecule has 0 saturated carbocycles. The van der Waals surface area contributed by atoms with Crippen molar-refractivity contribution >= 4 is 15.9 Å². The molecule has 0 unspecified atom stereocenters. The van der Waals surface area contributed by atoms with Crippen LogP contribution in [-0.2, 0) is 4.74 Å². The normalized spacial score (nSPS) is 27.6. The van der Waals surface area contributed by atoms with E-state index in [2.05, 4.69) is 47.1 Å². The van der Waals surface area contributed by atoms with Gasteiger partial charge in [0.25, 0.3) is 0 Å². The van der Waals surface area contributed by atoms with Gasteiger partial charge in [0.2, 0.25) is 0 Å². The second-order valence-electron chi connectivity index (χ2n) is 3.96. The molecule has 1 saturated heterocycles. The molecule has 0 spiro atoms. The smallest absolute Gasteiger partial charge is 0.0850 e. The first kappa shape index (κ1) is 10.2. The van der Waals surface area contributed by atoms with E-state index in [1.54, 1.807) is 0 Å². The van der Waals surface area contributed by atoms with Crippen molar-refractivity contribution in [1.29, 1.82) is 0 Å². The van der Waals surface area contributed by atoms with Gasteiger partial charge in [0.05, 0.1) is 6.10 Å². The monoisotopic (exact) mass is 254 g/mol. The maximum Gasteiger partial charge on any atom is 0.0850 e. The highest BCUT2D eigenvalue weighted by molar-refractivity contribution is 9.10. The lowest BCUT2D eigenvalue weighted by molar-refractivity contribution is -0.0220. The highest BCUT2D eigenvalue weighted by atomic mass is 79.9. The second-order valence-corrected chi connectivity index (χ2v) is 4.88. The van der Waals surface area contributed by atoms with Crippen LogP contribution in [0.25, 0.3) is 0 Å². The minimum Gasteiger partial charge on any atom is -0.373 e. The molecule has 1 heterocycles. The van der Waals surface area contributed by atoms with Crippen LogP contribution in [0.3, 0.4) is 0 Å². The maximum absolute atomic E-state index is 5.80. The summed E-state index contributed by atoms with van der Waals surface area (Å²) in [5.41, 5.74) is 1.31. The summed E-state index contributed by atoms with van der Waals surface area (Å²) in [6, 6.07) is 8.47. The Morgan fingerprint density at radius 3 is 2.64 bits per heavy atom. The van der Waals surface area contributed by atoms with Crippen LogP contribution in [0.4, 0.5) is 0 Å². The number of hydrogen-bond donors (Lipinski definition) is 0. The van der Waals surface area contributed by atoms with Gasteiger partial charge in [0, 0.05) is 11.1 Å². The van der Waals surface area contributed by atoms with E-state index in [-0.39, 0.29) is 0 Å². The van der Waals surface area contributed by atoms with Gasteiger partial charge in [0.15, 0.2) is 0 Å². The van der Waals surface area contributed by atoms with E-state index in [4.69, 9.17) is 4.74 Å². The molecule has 0 bridgehead atoms. The highest BCUT2D eigenvalue weighted by Gasteiger charge is 2.23. The molecule has 0 radical (unpaired) electrons. The van der Waals surface area contributed by atoms with Gasteiger partial charge in [0.1, 0.15) is 0 Å². The zero-order valence-electron chi connectivity index (χ0n) is 8.37. The fourth-order valence-electron chi connectivity index (χ4n) is 2.01. The van der Waals surface area contributed by atoms with Gasteiger partial charge in [-0.1, -0.05) is 35.0 Å². The van der Waals surface area contributed by atoms with Crippen LogP contribution in [0.1, 0.15) is 31.4 Å². The van der Waals surface area contributed by atoms with E-state index < -0.39 is 0 Å². The standard InChI is InChI=1S/C12H15BrO/c1-9-3-2-8-14-12(9)10-4-6-11(13)7-5-10/h4-7,9,12H,2-3,8H2,1H3/t9-,12+/m0/s1. The first-order valence-electron chi connectivity index (χ1n) is 5.14. The molecule has 0 aromatic heterocycles. The minimum absolute atomic E-state index is 0.303. The largest absolute Gasteiger partial charge is 0.373 e. The molecule has 2 heteroatoms. The summed E-state index contributed by atoms with van der Waals surface area (Å²) in [5, 5.41) is 0. The zero-order valence-corrected chi connectivity index (χ0v) is 9.96. The van der Waals surface area contributed by atoms with Crippen molar-refractivity contribution in [2.75, 3.05) is 6.61 Å². The molecule has 1 fully saturated rings. The van der Waals surface area contributed by atoms with Crippen LogP contribution in [0.15, 0.2) is 28.7 Å². The topological polar surface area (TPSA) is 9.23 Å². The van der Waals surface area contributed by atoms with Gasteiger partial charge in [-0.15, -0.1) is 0 Å². The highest BCUT2D eigenvalue weighted by Crippen LogP contribution is 2.33. The third-order valence-corrected chi connectivity index (χ3v) is 3.35. The fourth-order valence-corrected chi connectivity index (χ4v) is 2.27. The van der Waals surface area contributed by atoms with E-state index in [0.717, 1.165) is 11.1 Å². The molecule has 1 aromatic rings. The average Bonchev–Trinajstić information content (AvgIpc) is 2.20. The van der Waals surface area contributed by atoms with Crippen LogP contribution in [0.5, 0.6) is 0 Å².